The molecule has 0 amide bonds. The van der Waals surface area contributed by atoms with Crippen molar-refractivity contribution in [3.8, 4) is 11.5 Å². The molecule has 0 bridgehead atoms. The van der Waals surface area contributed by atoms with Crippen LogP contribution in [0.5, 0.6) is 0 Å². The van der Waals surface area contributed by atoms with Gasteiger partial charge in [-0.2, -0.15) is 0 Å². The van der Waals surface area contributed by atoms with Gasteiger partial charge in [0.15, 0.2) is 0 Å². The standard InChI is InChI=1S/C18H18ClN3O2/c1-12-2-7-16(23-12)11-22-9-8-14(10-22)18-21-20-17(24-18)13-3-5-15(19)6-4-13/h2-7,14H,8-11H2,1H3. The monoisotopic (exact) mass is 343 g/mol. The van der Waals surface area contributed by atoms with Crippen molar-refractivity contribution < 1.29 is 8.83 Å². The number of halogens is 1. The predicted molar refractivity (Wildman–Crippen MR) is 90.8 cm³/mol. The third-order valence-corrected chi connectivity index (χ3v) is 4.58. The van der Waals surface area contributed by atoms with E-state index in [9.17, 15) is 0 Å². The van der Waals surface area contributed by atoms with Gasteiger partial charge in [-0.05, 0) is 56.3 Å². The van der Waals surface area contributed by atoms with E-state index in [-0.39, 0.29) is 5.92 Å². The Morgan fingerprint density at radius 2 is 1.96 bits per heavy atom. The van der Waals surface area contributed by atoms with Crippen LogP contribution in [0, 0.1) is 6.92 Å². The Morgan fingerprint density at radius 1 is 1.12 bits per heavy atom. The van der Waals surface area contributed by atoms with Gasteiger partial charge < -0.3 is 8.83 Å². The highest BCUT2D eigenvalue weighted by molar-refractivity contribution is 6.30. The topological polar surface area (TPSA) is 55.3 Å². The molecule has 5 nitrogen and oxygen atoms in total. The van der Waals surface area contributed by atoms with Gasteiger partial charge in [0.25, 0.3) is 0 Å². The fourth-order valence-corrected chi connectivity index (χ4v) is 3.20. The maximum Gasteiger partial charge on any atom is 0.247 e. The Hall–Kier alpha value is -2.11. The molecule has 1 atom stereocenters. The summed E-state index contributed by atoms with van der Waals surface area (Å²) in [5, 5.41) is 9.11. The Balaban J connectivity index is 1.43. The second-order valence-corrected chi connectivity index (χ2v) is 6.62. The smallest absolute Gasteiger partial charge is 0.247 e. The van der Waals surface area contributed by atoms with Gasteiger partial charge >= 0.3 is 0 Å². The highest BCUT2D eigenvalue weighted by Gasteiger charge is 2.28. The molecule has 0 N–H and O–H groups in total. The molecule has 0 saturated carbocycles. The maximum atomic E-state index is 5.91. The minimum absolute atomic E-state index is 0.273. The van der Waals surface area contributed by atoms with Crippen molar-refractivity contribution in [1.82, 2.24) is 15.1 Å². The van der Waals surface area contributed by atoms with Gasteiger partial charge in [-0.25, -0.2) is 0 Å². The molecule has 1 fully saturated rings. The van der Waals surface area contributed by atoms with Gasteiger partial charge in [0.05, 0.1) is 12.5 Å². The van der Waals surface area contributed by atoms with Crippen LogP contribution in [-0.4, -0.2) is 28.2 Å². The van der Waals surface area contributed by atoms with Crippen molar-refractivity contribution in [2.45, 2.75) is 25.8 Å². The first-order valence-corrected chi connectivity index (χ1v) is 8.42. The average molecular weight is 344 g/mol. The van der Waals surface area contributed by atoms with E-state index < -0.39 is 0 Å². The van der Waals surface area contributed by atoms with E-state index in [1.807, 2.05) is 43.3 Å². The van der Waals surface area contributed by atoms with E-state index in [0.29, 0.717) is 16.8 Å². The number of rotatable bonds is 4. The summed E-state index contributed by atoms with van der Waals surface area (Å²) in [6.07, 6.45) is 1.02. The lowest BCUT2D eigenvalue weighted by Gasteiger charge is -2.12. The number of hydrogen-bond acceptors (Lipinski definition) is 5. The van der Waals surface area contributed by atoms with E-state index in [0.717, 1.165) is 43.1 Å². The van der Waals surface area contributed by atoms with Gasteiger partial charge in [-0.15, -0.1) is 10.2 Å². The molecular weight excluding hydrogens is 326 g/mol. The van der Waals surface area contributed by atoms with Crippen molar-refractivity contribution in [3.05, 3.63) is 58.8 Å². The number of furan rings is 1. The van der Waals surface area contributed by atoms with Crippen LogP contribution in [0.1, 0.15) is 29.7 Å². The lowest BCUT2D eigenvalue weighted by Crippen LogP contribution is -2.19. The molecule has 4 rings (SSSR count). The highest BCUT2D eigenvalue weighted by atomic mass is 35.5. The largest absolute Gasteiger partial charge is 0.465 e. The van der Waals surface area contributed by atoms with Crippen LogP contribution in [0.3, 0.4) is 0 Å². The molecular formula is C18H18ClN3O2. The number of aromatic nitrogens is 2. The summed E-state index contributed by atoms with van der Waals surface area (Å²) >= 11 is 5.91. The van der Waals surface area contributed by atoms with Gasteiger partial charge in [0.2, 0.25) is 11.8 Å². The Labute approximate surface area is 145 Å². The van der Waals surface area contributed by atoms with Crippen LogP contribution in [-0.2, 0) is 6.54 Å². The molecule has 2 aromatic heterocycles. The van der Waals surface area contributed by atoms with E-state index in [2.05, 4.69) is 15.1 Å². The molecule has 6 heteroatoms. The summed E-state index contributed by atoms with van der Waals surface area (Å²) in [5.41, 5.74) is 0.888. The Morgan fingerprint density at radius 3 is 2.71 bits per heavy atom. The van der Waals surface area contributed by atoms with Crippen molar-refractivity contribution >= 4 is 11.6 Å². The first-order chi connectivity index (χ1) is 11.7. The zero-order valence-corrected chi connectivity index (χ0v) is 14.2. The van der Waals surface area contributed by atoms with Crippen molar-refractivity contribution in [1.29, 1.82) is 0 Å². The second-order valence-electron chi connectivity index (χ2n) is 6.19. The molecule has 1 saturated heterocycles. The van der Waals surface area contributed by atoms with Crippen LogP contribution in [0.25, 0.3) is 11.5 Å². The zero-order chi connectivity index (χ0) is 16.5. The number of benzene rings is 1. The number of aryl methyl sites for hydroxylation is 1. The molecule has 24 heavy (non-hydrogen) atoms. The molecule has 1 aromatic carbocycles. The fourth-order valence-electron chi connectivity index (χ4n) is 3.08. The molecule has 0 aliphatic carbocycles. The number of likely N-dealkylation sites (tertiary alicyclic amines) is 1. The van der Waals surface area contributed by atoms with Crippen LogP contribution in [0.4, 0.5) is 0 Å². The minimum Gasteiger partial charge on any atom is -0.465 e. The summed E-state index contributed by atoms with van der Waals surface area (Å²) < 4.78 is 11.5. The summed E-state index contributed by atoms with van der Waals surface area (Å²) in [6.45, 7) is 4.70. The predicted octanol–water partition coefficient (Wildman–Crippen LogP) is 4.28. The van der Waals surface area contributed by atoms with Gasteiger partial charge in [0, 0.05) is 17.1 Å². The number of nitrogens with zero attached hydrogens (tertiary/aromatic N) is 3. The van der Waals surface area contributed by atoms with Crippen LogP contribution < -0.4 is 0 Å². The summed E-state index contributed by atoms with van der Waals surface area (Å²) in [5.74, 6) is 3.47. The van der Waals surface area contributed by atoms with Crippen LogP contribution >= 0.6 is 11.6 Å². The molecule has 0 radical (unpaired) electrons. The lowest BCUT2D eigenvalue weighted by molar-refractivity contribution is 0.287. The zero-order valence-electron chi connectivity index (χ0n) is 13.4. The van der Waals surface area contributed by atoms with Crippen molar-refractivity contribution in [2.75, 3.05) is 13.1 Å². The first-order valence-electron chi connectivity index (χ1n) is 8.04. The van der Waals surface area contributed by atoms with Gasteiger partial charge in [-0.1, -0.05) is 11.6 Å². The lowest BCUT2D eigenvalue weighted by atomic mass is 10.1. The third-order valence-electron chi connectivity index (χ3n) is 4.33. The molecule has 3 heterocycles. The van der Waals surface area contributed by atoms with E-state index >= 15 is 0 Å². The third kappa shape index (κ3) is 3.23. The average Bonchev–Trinajstić information content (AvgIpc) is 3.29. The van der Waals surface area contributed by atoms with Crippen molar-refractivity contribution in [2.24, 2.45) is 0 Å². The summed E-state index contributed by atoms with van der Waals surface area (Å²) in [6, 6.07) is 11.5. The normalized spacial score (nSPS) is 18.3. The van der Waals surface area contributed by atoms with E-state index in [1.54, 1.807) is 0 Å². The molecule has 3 aromatic rings. The Bertz CT molecular complexity index is 825. The molecule has 1 aliphatic rings. The minimum atomic E-state index is 0.273. The SMILES string of the molecule is Cc1ccc(CN2CCC(c3nnc(-c4ccc(Cl)cc4)o3)C2)o1. The molecule has 124 valence electrons. The van der Waals surface area contributed by atoms with Crippen LogP contribution in [0.2, 0.25) is 5.02 Å². The Kier molecular flexibility index (Phi) is 4.12. The highest BCUT2D eigenvalue weighted by Crippen LogP contribution is 2.30. The van der Waals surface area contributed by atoms with E-state index in [1.165, 1.54) is 0 Å². The number of hydrogen-bond donors (Lipinski definition) is 0. The van der Waals surface area contributed by atoms with E-state index in [4.69, 9.17) is 20.4 Å². The molecule has 0 spiro atoms. The summed E-state index contributed by atoms with van der Waals surface area (Å²) in [4.78, 5) is 2.36. The van der Waals surface area contributed by atoms with Gasteiger partial charge in [-0.3, -0.25) is 4.90 Å². The first kappa shape index (κ1) is 15.4. The second kappa shape index (κ2) is 6.42. The fraction of sp³-hybridized carbons (Fsp3) is 0.333. The van der Waals surface area contributed by atoms with Crippen molar-refractivity contribution in [3.63, 3.8) is 0 Å². The maximum absolute atomic E-state index is 5.91. The molecule has 1 aliphatic heterocycles. The quantitative estimate of drug-likeness (QED) is 0.707. The molecule has 1 unspecified atom stereocenters. The summed E-state index contributed by atoms with van der Waals surface area (Å²) in [7, 11) is 0. The van der Waals surface area contributed by atoms with Crippen LogP contribution in [0.15, 0.2) is 45.2 Å². The van der Waals surface area contributed by atoms with Gasteiger partial charge in [0.1, 0.15) is 11.5 Å².